The van der Waals surface area contributed by atoms with Crippen LogP contribution in [0.15, 0.2) is 76.6 Å². The number of nitrogens with zero attached hydrogens (tertiary/aromatic N) is 2. The van der Waals surface area contributed by atoms with Crippen molar-refractivity contribution in [3.8, 4) is 5.75 Å². The number of carbonyl (C=O) groups is 1. The number of sulfonamides is 1. The summed E-state index contributed by atoms with van der Waals surface area (Å²) in [7, 11) is -2.18. The second kappa shape index (κ2) is 11.1. The van der Waals surface area contributed by atoms with Gasteiger partial charge >= 0.3 is 0 Å². The molecule has 0 aliphatic heterocycles. The molecule has 0 aliphatic rings. The Kier molecular flexibility index (Phi) is 7.88. The van der Waals surface area contributed by atoms with Gasteiger partial charge in [0.25, 0.3) is 15.9 Å². The minimum absolute atomic E-state index is 0.144. The van der Waals surface area contributed by atoms with Crippen molar-refractivity contribution in [3.05, 3.63) is 82.7 Å². The van der Waals surface area contributed by atoms with Crippen molar-refractivity contribution in [1.29, 1.82) is 0 Å². The van der Waals surface area contributed by atoms with Crippen LogP contribution in [-0.4, -0.2) is 39.2 Å². The van der Waals surface area contributed by atoms with Crippen molar-refractivity contribution in [2.45, 2.75) is 25.3 Å². The van der Waals surface area contributed by atoms with Crippen molar-refractivity contribution < 1.29 is 22.7 Å². The molecular weight excluding hydrogens is 498 g/mol. The van der Waals surface area contributed by atoms with E-state index in [0.717, 1.165) is 21.5 Å². The van der Waals surface area contributed by atoms with Gasteiger partial charge in [0, 0.05) is 24.9 Å². The number of benzene rings is 3. The molecule has 1 N–H and O–H groups in total. The van der Waals surface area contributed by atoms with Gasteiger partial charge in [-0.05, 0) is 62.4 Å². The molecule has 4 aromatic rings. The SMILES string of the molecule is CCOc1ccc2c(c1)sc(=NC(=O)c1cccc(NS(=O)(=O)c3ccc(C)cc3)c1)n2CCOC. The van der Waals surface area contributed by atoms with Gasteiger partial charge in [-0.1, -0.05) is 35.1 Å². The molecule has 0 aliphatic carbocycles. The highest BCUT2D eigenvalue weighted by Gasteiger charge is 2.15. The van der Waals surface area contributed by atoms with Crippen LogP contribution in [0.25, 0.3) is 10.2 Å². The summed E-state index contributed by atoms with van der Waals surface area (Å²) in [5, 5.41) is 0. The molecule has 3 aromatic carbocycles. The molecule has 0 saturated carbocycles. The lowest BCUT2D eigenvalue weighted by Gasteiger charge is -2.09. The van der Waals surface area contributed by atoms with Gasteiger partial charge in [-0.2, -0.15) is 4.99 Å². The van der Waals surface area contributed by atoms with Crippen molar-refractivity contribution >= 4 is 43.2 Å². The molecule has 188 valence electrons. The molecule has 36 heavy (non-hydrogen) atoms. The van der Waals surface area contributed by atoms with Crippen LogP contribution in [0, 0.1) is 6.92 Å². The van der Waals surface area contributed by atoms with Crippen LogP contribution < -0.4 is 14.3 Å². The quantitative estimate of drug-likeness (QED) is 0.344. The summed E-state index contributed by atoms with van der Waals surface area (Å²) in [5.41, 5.74) is 2.43. The highest BCUT2D eigenvalue weighted by Crippen LogP contribution is 2.24. The van der Waals surface area contributed by atoms with Gasteiger partial charge in [0.1, 0.15) is 5.75 Å². The number of carbonyl (C=O) groups excluding carboxylic acids is 1. The Morgan fingerprint density at radius 1 is 1.08 bits per heavy atom. The van der Waals surface area contributed by atoms with Crippen LogP contribution in [0.5, 0.6) is 5.75 Å². The topological polar surface area (TPSA) is 99.0 Å². The van der Waals surface area contributed by atoms with Gasteiger partial charge in [0.05, 0.1) is 28.3 Å². The highest BCUT2D eigenvalue weighted by atomic mass is 32.2. The predicted octanol–water partition coefficient (Wildman–Crippen LogP) is 4.60. The minimum atomic E-state index is -3.79. The maximum Gasteiger partial charge on any atom is 0.279 e. The molecule has 0 spiro atoms. The van der Waals surface area contributed by atoms with Gasteiger partial charge in [-0.3, -0.25) is 9.52 Å². The monoisotopic (exact) mass is 525 g/mol. The first-order valence-corrected chi connectivity index (χ1v) is 13.6. The van der Waals surface area contributed by atoms with Gasteiger partial charge in [0.2, 0.25) is 0 Å². The van der Waals surface area contributed by atoms with Crippen LogP contribution in [0.2, 0.25) is 0 Å². The minimum Gasteiger partial charge on any atom is -0.494 e. The van der Waals surface area contributed by atoms with E-state index >= 15 is 0 Å². The second-order valence-corrected chi connectivity index (χ2v) is 10.7. The van der Waals surface area contributed by atoms with E-state index in [1.54, 1.807) is 49.6 Å². The molecular formula is C26H27N3O5S2. The zero-order chi connectivity index (χ0) is 25.7. The first-order valence-electron chi connectivity index (χ1n) is 11.3. The number of ether oxygens (including phenoxy) is 2. The summed E-state index contributed by atoms with van der Waals surface area (Å²) in [6.45, 7) is 5.34. The number of fused-ring (bicyclic) bond motifs is 1. The molecule has 0 saturated heterocycles. The Morgan fingerprint density at radius 3 is 2.58 bits per heavy atom. The maximum atomic E-state index is 13.1. The van der Waals surface area contributed by atoms with Gasteiger partial charge in [-0.25, -0.2) is 8.42 Å². The average molecular weight is 526 g/mol. The summed E-state index contributed by atoms with van der Waals surface area (Å²) < 4.78 is 41.8. The zero-order valence-corrected chi connectivity index (χ0v) is 21.9. The number of hydrogen-bond donors (Lipinski definition) is 1. The van der Waals surface area contributed by atoms with Gasteiger partial charge in [0.15, 0.2) is 4.80 Å². The first-order chi connectivity index (χ1) is 17.3. The first kappa shape index (κ1) is 25.6. The van der Waals surface area contributed by atoms with Crippen LogP contribution in [0.4, 0.5) is 5.69 Å². The number of anilines is 1. The fourth-order valence-corrected chi connectivity index (χ4v) is 5.73. The van der Waals surface area contributed by atoms with E-state index in [2.05, 4.69) is 9.71 Å². The number of aryl methyl sites for hydroxylation is 1. The van der Waals surface area contributed by atoms with E-state index in [1.165, 1.54) is 17.4 Å². The standard InChI is InChI=1S/C26H27N3O5S2/c1-4-34-21-10-13-23-24(17-21)35-26(29(23)14-15-33-3)27-25(30)19-6-5-7-20(16-19)28-36(31,32)22-11-8-18(2)9-12-22/h5-13,16-17,28H,4,14-15H2,1-3H3. The number of nitrogens with one attached hydrogen (secondary N) is 1. The summed E-state index contributed by atoms with van der Waals surface area (Å²) >= 11 is 1.38. The maximum absolute atomic E-state index is 13.1. The van der Waals surface area contributed by atoms with E-state index in [9.17, 15) is 13.2 Å². The number of rotatable bonds is 9. The van der Waals surface area contributed by atoms with Crippen LogP contribution >= 0.6 is 11.3 Å². The molecule has 1 aromatic heterocycles. The number of aromatic nitrogens is 1. The Morgan fingerprint density at radius 2 is 1.86 bits per heavy atom. The van der Waals surface area contributed by atoms with Crippen LogP contribution in [-0.2, 0) is 21.3 Å². The average Bonchev–Trinajstić information content (AvgIpc) is 3.19. The lowest BCUT2D eigenvalue weighted by Crippen LogP contribution is -2.19. The number of hydrogen-bond acceptors (Lipinski definition) is 6. The van der Waals surface area contributed by atoms with Gasteiger partial charge < -0.3 is 14.0 Å². The molecule has 0 bridgehead atoms. The Balaban J connectivity index is 1.66. The lowest BCUT2D eigenvalue weighted by molar-refractivity contribution is 0.0997. The predicted molar refractivity (Wildman–Crippen MR) is 141 cm³/mol. The van der Waals surface area contributed by atoms with Crippen molar-refractivity contribution in [2.24, 2.45) is 4.99 Å². The van der Waals surface area contributed by atoms with E-state index in [-0.39, 0.29) is 16.1 Å². The van der Waals surface area contributed by atoms with Crippen molar-refractivity contribution in [3.63, 3.8) is 0 Å². The number of amides is 1. The third-order valence-electron chi connectivity index (χ3n) is 5.37. The Bertz CT molecular complexity index is 1550. The Labute approximate surface area is 213 Å². The smallest absolute Gasteiger partial charge is 0.279 e. The normalized spacial score (nSPS) is 12.1. The van der Waals surface area contributed by atoms with E-state index in [0.29, 0.717) is 24.6 Å². The summed E-state index contributed by atoms with van der Waals surface area (Å²) in [5.74, 6) is 0.269. The fraction of sp³-hybridized carbons (Fsp3) is 0.231. The van der Waals surface area contributed by atoms with Crippen LogP contribution in [0.1, 0.15) is 22.8 Å². The Hall–Kier alpha value is -3.47. The van der Waals surface area contributed by atoms with Crippen LogP contribution in [0.3, 0.4) is 0 Å². The zero-order valence-electron chi connectivity index (χ0n) is 20.2. The molecule has 1 heterocycles. The van der Waals surface area contributed by atoms with Gasteiger partial charge in [-0.15, -0.1) is 0 Å². The summed E-state index contributed by atoms with van der Waals surface area (Å²) in [6, 6.07) is 18.6. The highest BCUT2D eigenvalue weighted by molar-refractivity contribution is 7.92. The van der Waals surface area contributed by atoms with Crippen molar-refractivity contribution in [1.82, 2.24) is 4.57 Å². The van der Waals surface area contributed by atoms with E-state index in [1.807, 2.05) is 36.6 Å². The lowest BCUT2D eigenvalue weighted by atomic mass is 10.2. The van der Waals surface area contributed by atoms with E-state index < -0.39 is 15.9 Å². The molecule has 0 unspecified atom stereocenters. The fourth-order valence-electron chi connectivity index (χ4n) is 3.59. The molecule has 1 amide bonds. The largest absolute Gasteiger partial charge is 0.494 e. The third kappa shape index (κ3) is 5.84. The third-order valence-corrected chi connectivity index (χ3v) is 7.81. The molecule has 0 radical (unpaired) electrons. The molecule has 10 heteroatoms. The second-order valence-electron chi connectivity index (χ2n) is 8.01. The van der Waals surface area contributed by atoms with E-state index in [4.69, 9.17) is 9.47 Å². The molecule has 0 atom stereocenters. The summed E-state index contributed by atoms with van der Waals surface area (Å²) in [6.07, 6.45) is 0. The molecule has 8 nitrogen and oxygen atoms in total. The number of thiazole rings is 1. The summed E-state index contributed by atoms with van der Waals surface area (Å²) in [4.78, 5) is 18.1. The molecule has 0 fully saturated rings. The number of methoxy groups -OCH3 is 1. The molecule has 4 rings (SSSR count). The van der Waals surface area contributed by atoms with Crippen molar-refractivity contribution in [2.75, 3.05) is 25.0 Å².